The molecule has 3 rings (SSSR count). The molecule has 1 aromatic carbocycles. The molecule has 0 spiro atoms. The average Bonchev–Trinajstić information content (AvgIpc) is 3.05. The summed E-state index contributed by atoms with van der Waals surface area (Å²) in [5.41, 5.74) is 3.69. The highest BCUT2D eigenvalue weighted by Crippen LogP contribution is 2.32. The third-order valence-corrected chi connectivity index (χ3v) is 4.69. The van der Waals surface area contributed by atoms with Gasteiger partial charge < -0.3 is 4.40 Å². The third-order valence-electron chi connectivity index (χ3n) is 4.69. The van der Waals surface area contributed by atoms with E-state index in [1.807, 2.05) is 56.3 Å². The van der Waals surface area contributed by atoms with Crippen LogP contribution in [-0.4, -0.2) is 21.0 Å². The molecule has 0 fully saturated rings. The van der Waals surface area contributed by atoms with Crippen molar-refractivity contribution in [2.75, 3.05) is 0 Å². The first-order valence-electron chi connectivity index (χ1n) is 10.2. The molecule has 0 saturated carbocycles. The second-order valence-electron chi connectivity index (χ2n) is 6.93. The summed E-state index contributed by atoms with van der Waals surface area (Å²) in [4.78, 5) is 28.7. The molecule has 31 heavy (non-hydrogen) atoms. The van der Waals surface area contributed by atoms with E-state index < -0.39 is 11.6 Å². The lowest BCUT2D eigenvalue weighted by molar-refractivity contribution is -0.118. The van der Waals surface area contributed by atoms with Gasteiger partial charge in [0.25, 0.3) is 0 Å². The van der Waals surface area contributed by atoms with Crippen molar-refractivity contribution >= 4 is 17.2 Å². The van der Waals surface area contributed by atoms with E-state index in [9.17, 15) is 9.59 Å². The number of ketones is 2. The molecule has 0 radical (unpaired) electrons. The smallest absolute Gasteiger partial charge is 0.235 e. The Hall–Kier alpha value is -3.26. The number of hydrogen-bond acceptors (Lipinski definition) is 3. The predicted octanol–water partition coefficient (Wildman–Crippen LogP) is 6.39. The maximum Gasteiger partial charge on any atom is 0.235 e. The molecule has 166 valence electrons. The zero-order valence-corrected chi connectivity index (χ0v) is 18.2. The third kappa shape index (κ3) is 5.46. The summed E-state index contributed by atoms with van der Waals surface area (Å²) in [5.74, 6) is 0.924. The Morgan fingerprint density at radius 2 is 1.90 bits per heavy atom. The van der Waals surface area contributed by atoms with Gasteiger partial charge in [0.2, 0.25) is 5.78 Å². The van der Waals surface area contributed by atoms with Gasteiger partial charge in [0, 0.05) is 31.6 Å². The molecule has 2 heterocycles. The summed E-state index contributed by atoms with van der Waals surface area (Å²) >= 11 is 0. The lowest BCUT2D eigenvalue weighted by Gasteiger charge is -2.10. The molecule has 0 saturated heterocycles. The van der Waals surface area contributed by atoms with E-state index in [0.717, 1.165) is 18.1 Å². The number of halogens is 1. The van der Waals surface area contributed by atoms with E-state index >= 15 is 4.39 Å². The van der Waals surface area contributed by atoms with Gasteiger partial charge in [0.15, 0.2) is 0 Å². The minimum atomic E-state index is -0.581. The normalized spacial score (nSPS) is 9.97. The fourth-order valence-electron chi connectivity index (χ4n) is 3.38. The molecule has 3 aromatic rings. The number of carbonyl (C=O) groups is 2. The molecule has 0 atom stereocenters. The molecule has 0 aliphatic carbocycles. The molecular weight excluding hydrogens is 391 g/mol. The van der Waals surface area contributed by atoms with Crippen LogP contribution >= 0.6 is 0 Å². The molecule has 2 aromatic heterocycles. The summed E-state index contributed by atoms with van der Waals surface area (Å²) in [6, 6.07) is 6.51. The standard InChI is InChI=1S/C23H21FN2O2.C2H6.CH4.H2/c1-5-7-17(27)13-19-23(25-21-10-14(3)8-9-26(19)21)22-15(4)11-16(12-18(22)24)20(28)6-2;1-2;;/h2,8-12H,5,7,13H2,1,3-4H3;1-2H3;1H4;1H. The minimum absolute atomic E-state index is 0. The molecule has 0 aliphatic rings. The van der Waals surface area contributed by atoms with Gasteiger partial charge in [0.1, 0.15) is 17.2 Å². The molecule has 0 amide bonds. The lowest BCUT2D eigenvalue weighted by atomic mass is 9.97. The first kappa shape index (κ1) is 25.8. The fraction of sp³-hybridized carbons (Fsp3) is 0.346. The Bertz CT molecular complexity index is 1120. The molecular formula is C26H33FN2O2. The van der Waals surface area contributed by atoms with Gasteiger partial charge in [-0.1, -0.05) is 28.2 Å². The number of aromatic nitrogens is 2. The van der Waals surface area contributed by atoms with Crippen molar-refractivity contribution in [2.45, 2.75) is 61.3 Å². The predicted molar refractivity (Wildman–Crippen MR) is 127 cm³/mol. The van der Waals surface area contributed by atoms with E-state index in [2.05, 4.69) is 4.98 Å². The van der Waals surface area contributed by atoms with Gasteiger partial charge in [-0.2, -0.15) is 0 Å². The Labute approximate surface area is 186 Å². The van der Waals surface area contributed by atoms with Gasteiger partial charge in [-0.25, -0.2) is 9.37 Å². The van der Waals surface area contributed by atoms with Crippen LogP contribution in [0.15, 0.2) is 30.5 Å². The van der Waals surface area contributed by atoms with Crippen molar-refractivity contribution in [1.29, 1.82) is 0 Å². The summed E-state index contributed by atoms with van der Waals surface area (Å²) in [5, 5.41) is 0. The van der Waals surface area contributed by atoms with Crippen molar-refractivity contribution < 1.29 is 15.4 Å². The van der Waals surface area contributed by atoms with E-state index in [-0.39, 0.29) is 32.2 Å². The van der Waals surface area contributed by atoms with Gasteiger partial charge in [-0.05, 0) is 61.6 Å². The molecule has 0 N–H and O–H groups in total. The molecule has 4 nitrogen and oxygen atoms in total. The minimum Gasteiger partial charge on any atom is -0.303 e. The highest BCUT2D eigenvalue weighted by molar-refractivity contribution is 6.09. The van der Waals surface area contributed by atoms with Crippen LogP contribution in [0.25, 0.3) is 16.9 Å². The summed E-state index contributed by atoms with van der Waals surface area (Å²) in [6.07, 6.45) is 8.37. The topological polar surface area (TPSA) is 51.4 Å². The van der Waals surface area contributed by atoms with E-state index in [0.29, 0.717) is 29.0 Å². The molecule has 5 heteroatoms. The lowest BCUT2D eigenvalue weighted by Crippen LogP contribution is -2.07. The fourth-order valence-corrected chi connectivity index (χ4v) is 3.38. The first-order chi connectivity index (χ1) is 14.3. The largest absolute Gasteiger partial charge is 0.303 e. The SMILES string of the molecule is C.C#CC(=O)c1cc(C)c(-c2nc3cc(C)ccn3c2CC(=O)CCC)c(F)c1.CC.[HH]. The van der Waals surface area contributed by atoms with E-state index in [1.165, 1.54) is 0 Å². The van der Waals surface area contributed by atoms with Gasteiger partial charge >= 0.3 is 0 Å². The zero-order chi connectivity index (χ0) is 22.4. The molecule has 0 unspecified atom stereocenters. The Balaban J connectivity index is 0.00000234. The number of aryl methyl sites for hydroxylation is 2. The Morgan fingerprint density at radius 3 is 2.48 bits per heavy atom. The number of fused-ring (bicyclic) bond motifs is 1. The number of carbonyl (C=O) groups excluding carboxylic acids is 2. The van der Waals surface area contributed by atoms with E-state index in [4.69, 9.17) is 6.42 Å². The van der Waals surface area contributed by atoms with E-state index in [1.54, 1.807) is 13.0 Å². The van der Waals surface area contributed by atoms with Gasteiger partial charge in [0.05, 0.1) is 11.4 Å². The van der Waals surface area contributed by atoms with Crippen LogP contribution in [-0.2, 0) is 11.2 Å². The Kier molecular flexibility index (Phi) is 9.33. The summed E-state index contributed by atoms with van der Waals surface area (Å²) < 4.78 is 16.8. The van der Waals surface area contributed by atoms with Crippen LogP contribution in [0.3, 0.4) is 0 Å². The number of imidazole rings is 1. The van der Waals surface area contributed by atoms with Crippen LogP contribution in [0, 0.1) is 32.0 Å². The molecule has 0 aliphatic heterocycles. The van der Waals surface area contributed by atoms with Crippen molar-refractivity contribution in [2.24, 2.45) is 0 Å². The quantitative estimate of drug-likeness (QED) is 0.262. The number of benzene rings is 1. The monoisotopic (exact) mass is 424 g/mol. The number of terminal acetylenes is 1. The average molecular weight is 425 g/mol. The number of rotatable bonds is 6. The second kappa shape index (κ2) is 11.2. The van der Waals surface area contributed by atoms with Gasteiger partial charge in [-0.3, -0.25) is 9.59 Å². The second-order valence-corrected chi connectivity index (χ2v) is 6.93. The zero-order valence-electron chi connectivity index (χ0n) is 18.2. The van der Waals surface area contributed by atoms with Crippen LogP contribution < -0.4 is 0 Å². The first-order valence-corrected chi connectivity index (χ1v) is 10.2. The summed E-state index contributed by atoms with van der Waals surface area (Å²) in [7, 11) is 0. The van der Waals surface area contributed by atoms with Crippen molar-refractivity contribution in [1.82, 2.24) is 9.38 Å². The highest BCUT2D eigenvalue weighted by atomic mass is 19.1. The number of Topliss-reactive ketones (excluding diaryl/α,β-unsaturated/α-hetero) is 2. The van der Waals surface area contributed by atoms with Crippen molar-refractivity contribution in [3.8, 4) is 23.6 Å². The summed E-state index contributed by atoms with van der Waals surface area (Å²) in [6.45, 7) is 9.60. The highest BCUT2D eigenvalue weighted by Gasteiger charge is 2.22. The van der Waals surface area contributed by atoms with Crippen LogP contribution in [0.1, 0.15) is 69.6 Å². The maximum absolute atomic E-state index is 15.0. The van der Waals surface area contributed by atoms with Crippen LogP contribution in [0.5, 0.6) is 0 Å². The maximum atomic E-state index is 15.0. The Morgan fingerprint density at radius 1 is 1.23 bits per heavy atom. The van der Waals surface area contributed by atoms with Crippen LogP contribution in [0.2, 0.25) is 0 Å². The molecule has 0 bridgehead atoms. The number of nitrogens with zero attached hydrogens (tertiary/aromatic N) is 2. The van der Waals surface area contributed by atoms with Gasteiger partial charge in [-0.15, -0.1) is 6.42 Å². The number of hydrogen-bond donors (Lipinski definition) is 0. The van der Waals surface area contributed by atoms with Crippen molar-refractivity contribution in [3.05, 3.63) is 58.7 Å². The van der Waals surface area contributed by atoms with Crippen molar-refractivity contribution in [3.63, 3.8) is 0 Å². The number of pyridine rings is 1. The van der Waals surface area contributed by atoms with Crippen LogP contribution in [0.4, 0.5) is 4.39 Å².